The van der Waals surface area contributed by atoms with Crippen LogP contribution >= 0.6 is 0 Å². The molecule has 2 aromatic carbocycles. The van der Waals surface area contributed by atoms with Gasteiger partial charge in [0.25, 0.3) is 0 Å². The Morgan fingerprint density at radius 1 is 1.17 bits per heavy atom. The maximum absolute atomic E-state index is 6.00. The van der Waals surface area contributed by atoms with E-state index in [4.69, 9.17) is 4.74 Å². The van der Waals surface area contributed by atoms with Gasteiger partial charge < -0.3 is 15.0 Å². The third-order valence-electron chi connectivity index (χ3n) is 4.56. The molecule has 0 amide bonds. The van der Waals surface area contributed by atoms with Gasteiger partial charge in [0, 0.05) is 25.7 Å². The lowest BCUT2D eigenvalue weighted by Gasteiger charge is -2.23. The van der Waals surface area contributed by atoms with Crippen molar-refractivity contribution in [1.82, 2.24) is 5.32 Å². The summed E-state index contributed by atoms with van der Waals surface area (Å²) in [7, 11) is 1.84. The molecule has 4 nitrogen and oxygen atoms in total. The number of guanidine groups is 1. The highest BCUT2D eigenvalue weighted by Crippen LogP contribution is 2.29. The lowest BCUT2D eigenvalue weighted by Crippen LogP contribution is -2.44. The average molecular weight is 307 g/mol. The minimum Gasteiger partial charge on any atom is -0.488 e. The molecule has 0 saturated heterocycles. The number of nitrogens with one attached hydrogen (secondary N) is 1. The molecular formula is C19H21N3O. The van der Waals surface area contributed by atoms with Crippen LogP contribution in [0, 0.1) is 0 Å². The molecule has 1 N–H and O–H groups in total. The third kappa shape index (κ3) is 2.65. The Kier molecular flexibility index (Phi) is 3.66. The van der Waals surface area contributed by atoms with Crippen LogP contribution in [-0.2, 0) is 12.8 Å². The quantitative estimate of drug-likeness (QED) is 0.684. The van der Waals surface area contributed by atoms with Gasteiger partial charge in [-0.05, 0) is 29.7 Å². The van der Waals surface area contributed by atoms with E-state index in [-0.39, 0.29) is 6.10 Å². The van der Waals surface area contributed by atoms with Gasteiger partial charge in [0.1, 0.15) is 11.9 Å². The van der Waals surface area contributed by atoms with Crippen LogP contribution in [0.5, 0.6) is 5.75 Å². The molecule has 2 aliphatic heterocycles. The van der Waals surface area contributed by atoms with Crippen molar-refractivity contribution in [3.05, 3.63) is 59.7 Å². The van der Waals surface area contributed by atoms with Crippen molar-refractivity contribution in [1.29, 1.82) is 0 Å². The second-order valence-electron chi connectivity index (χ2n) is 6.01. The Morgan fingerprint density at radius 2 is 1.96 bits per heavy atom. The fourth-order valence-corrected chi connectivity index (χ4v) is 3.43. The van der Waals surface area contributed by atoms with Crippen LogP contribution in [0.25, 0.3) is 0 Å². The first kappa shape index (κ1) is 14.1. The summed E-state index contributed by atoms with van der Waals surface area (Å²) in [6.07, 6.45) is 2.20. The number of nitrogens with zero attached hydrogens (tertiary/aromatic N) is 2. The van der Waals surface area contributed by atoms with Gasteiger partial charge in [0.15, 0.2) is 5.96 Å². The van der Waals surface area contributed by atoms with Crippen LogP contribution in [0.2, 0.25) is 0 Å². The van der Waals surface area contributed by atoms with Crippen LogP contribution < -0.4 is 15.0 Å². The Balaban J connectivity index is 1.41. The average Bonchev–Trinajstić information content (AvgIpc) is 3.19. The maximum Gasteiger partial charge on any atom is 0.198 e. The normalized spacial score (nSPS) is 19.3. The van der Waals surface area contributed by atoms with Crippen LogP contribution in [0.4, 0.5) is 5.69 Å². The molecular weight excluding hydrogens is 286 g/mol. The zero-order chi connectivity index (χ0) is 15.6. The molecule has 23 heavy (non-hydrogen) atoms. The maximum atomic E-state index is 6.00. The summed E-state index contributed by atoms with van der Waals surface area (Å²) in [5, 5.41) is 3.48. The summed E-state index contributed by atoms with van der Waals surface area (Å²) >= 11 is 0. The monoisotopic (exact) mass is 307 g/mol. The first-order valence-electron chi connectivity index (χ1n) is 8.16. The molecule has 118 valence electrons. The highest BCUT2D eigenvalue weighted by Gasteiger charge is 2.25. The Bertz CT molecular complexity index is 716. The molecule has 2 aromatic rings. The van der Waals surface area contributed by atoms with E-state index in [1.54, 1.807) is 0 Å². The highest BCUT2D eigenvalue weighted by molar-refractivity contribution is 5.97. The van der Waals surface area contributed by atoms with Crippen molar-refractivity contribution >= 4 is 11.6 Å². The van der Waals surface area contributed by atoms with Crippen LogP contribution in [0.15, 0.2) is 53.5 Å². The van der Waals surface area contributed by atoms with Gasteiger partial charge in [-0.2, -0.15) is 0 Å². The van der Waals surface area contributed by atoms with Crippen molar-refractivity contribution in [2.45, 2.75) is 18.9 Å². The first-order chi connectivity index (χ1) is 11.3. The summed E-state index contributed by atoms with van der Waals surface area (Å²) in [5.74, 6) is 1.94. The highest BCUT2D eigenvalue weighted by atomic mass is 16.5. The minimum absolute atomic E-state index is 0.169. The van der Waals surface area contributed by atoms with E-state index in [2.05, 4.69) is 51.6 Å². The molecule has 0 radical (unpaired) electrons. The molecule has 0 bridgehead atoms. The molecule has 4 rings (SSSR count). The number of fused-ring (bicyclic) bond motifs is 2. The summed E-state index contributed by atoms with van der Waals surface area (Å²) in [6.45, 7) is 1.74. The molecule has 0 aliphatic carbocycles. The van der Waals surface area contributed by atoms with Gasteiger partial charge in [0.2, 0.25) is 0 Å². The zero-order valence-electron chi connectivity index (χ0n) is 13.3. The predicted molar refractivity (Wildman–Crippen MR) is 93.4 cm³/mol. The Hall–Kier alpha value is -2.49. The van der Waals surface area contributed by atoms with E-state index in [0.717, 1.165) is 37.6 Å². The van der Waals surface area contributed by atoms with E-state index in [1.807, 2.05) is 19.2 Å². The van der Waals surface area contributed by atoms with Crippen LogP contribution in [0.1, 0.15) is 11.1 Å². The Labute approximate surface area is 136 Å². The minimum atomic E-state index is 0.169. The number of rotatable bonds is 2. The van der Waals surface area contributed by atoms with Gasteiger partial charge in [-0.15, -0.1) is 0 Å². The lowest BCUT2D eigenvalue weighted by atomic mass is 10.1. The number of hydrogen-bond donors (Lipinski definition) is 1. The molecule has 4 heteroatoms. The van der Waals surface area contributed by atoms with Crippen molar-refractivity contribution in [2.24, 2.45) is 4.99 Å². The topological polar surface area (TPSA) is 36.9 Å². The second kappa shape index (κ2) is 5.95. The number of benzene rings is 2. The molecule has 1 atom stereocenters. The van der Waals surface area contributed by atoms with Crippen molar-refractivity contribution < 1.29 is 4.74 Å². The van der Waals surface area contributed by atoms with Crippen molar-refractivity contribution in [2.75, 3.05) is 25.0 Å². The van der Waals surface area contributed by atoms with E-state index in [0.29, 0.717) is 0 Å². The molecule has 2 aliphatic rings. The smallest absolute Gasteiger partial charge is 0.198 e. The summed E-state index contributed by atoms with van der Waals surface area (Å²) in [6, 6.07) is 16.8. The molecule has 1 unspecified atom stereocenters. The lowest BCUT2D eigenvalue weighted by molar-refractivity contribution is 0.235. The van der Waals surface area contributed by atoms with Gasteiger partial charge in [-0.1, -0.05) is 36.4 Å². The van der Waals surface area contributed by atoms with E-state index < -0.39 is 0 Å². The van der Waals surface area contributed by atoms with Crippen LogP contribution in [-0.4, -0.2) is 32.2 Å². The van der Waals surface area contributed by atoms with Gasteiger partial charge in [-0.3, -0.25) is 4.99 Å². The van der Waals surface area contributed by atoms with E-state index in [1.165, 1.54) is 16.8 Å². The van der Waals surface area contributed by atoms with Gasteiger partial charge >= 0.3 is 0 Å². The second-order valence-corrected chi connectivity index (χ2v) is 6.01. The number of hydrogen-bond acceptors (Lipinski definition) is 2. The zero-order valence-corrected chi connectivity index (χ0v) is 13.3. The molecule has 0 aromatic heterocycles. The molecule has 0 fully saturated rings. The third-order valence-corrected chi connectivity index (χ3v) is 4.56. The Morgan fingerprint density at radius 3 is 2.78 bits per heavy atom. The number of para-hydroxylation sites is 2. The fraction of sp³-hybridized carbons (Fsp3) is 0.316. The number of ether oxygens (including phenoxy) is 1. The predicted octanol–water partition coefficient (Wildman–Crippen LogP) is 2.63. The largest absolute Gasteiger partial charge is 0.488 e. The van der Waals surface area contributed by atoms with Crippen LogP contribution in [0.3, 0.4) is 0 Å². The summed E-state index contributed by atoms with van der Waals surface area (Å²) in [5.41, 5.74) is 3.94. The molecule has 2 heterocycles. The van der Waals surface area contributed by atoms with Crippen molar-refractivity contribution in [3.8, 4) is 5.75 Å². The van der Waals surface area contributed by atoms with E-state index >= 15 is 0 Å². The standard InChI is InChI=1S/C19H21N3O/c1-20-19(22-11-10-14-6-2-4-8-17(14)22)21-13-16-12-15-7-3-5-9-18(15)23-16/h2-9,16H,10-13H2,1H3,(H,20,21). The molecule has 0 spiro atoms. The summed E-state index contributed by atoms with van der Waals surface area (Å²) in [4.78, 5) is 6.72. The summed E-state index contributed by atoms with van der Waals surface area (Å²) < 4.78 is 6.00. The SMILES string of the molecule is CN=C(NCC1Cc2ccccc2O1)N1CCc2ccccc21. The first-order valence-corrected chi connectivity index (χ1v) is 8.16. The van der Waals surface area contributed by atoms with E-state index in [9.17, 15) is 0 Å². The van der Waals surface area contributed by atoms with Crippen molar-refractivity contribution in [3.63, 3.8) is 0 Å². The number of aliphatic imine (C=N–C) groups is 1. The van der Waals surface area contributed by atoms with Gasteiger partial charge in [0.05, 0.1) is 6.54 Å². The number of anilines is 1. The fourth-order valence-electron chi connectivity index (χ4n) is 3.43. The molecule has 0 saturated carbocycles. The van der Waals surface area contributed by atoms with Gasteiger partial charge in [-0.25, -0.2) is 0 Å².